The highest BCUT2D eigenvalue weighted by Crippen LogP contribution is 2.45. The summed E-state index contributed by atoms with van der Waals surface area (Å²) in [5.74, 6) is 0.219. The van der Waals surface area contributed by atoms with Gasteiger partial charge in [0.2, 0.25) is 10.0 Å². The van der Waals surface area contributed by atoms with Crippen LogP contribution in [0.5, 0.6) is 5.75 Å². The first-order chi connectivity index (χ1) is 14.1. The Balaban J connectivity index is 1.58. The largest absolute Gasteiger partial charge is 0.492 e. The third kappa shape index (κ3) is 3.60. The highest BCUT2D eigenvalue weighted by atomic mass is 32.2. The van der Waals surface area contributed by atoms with Gasteiger partial charge in [-0.1, -0.05) is 6.07 Å². The molecule has 1 saturated carbocycles. The lowest BCUT2D eigenvalue weighted by Crippen LogP contribution is -2.47. The van der Waals surface area contributed by atoms with Gasteiger partial charge in [-0.2, -0.15) is 22.6 Å². The Hall–Kier alpha value is -2.07. The van der Waals surface area contributed by atoms with Crippen molar-refractivity contribution in [2.45, 2.75) is 62.8 Å². The van der Waals surface area contributed by atoms with Gasteiger partial charge in [0.25, 0.3) is 0 Å². The maximum atomic E-state index is 13.5. The Morgan fingerprint density at radius 2 is 2.03 bits per heavy atom. The first-order valence-corrected chi connectivity index (χ1v) is 11.4. The third-order valence-electron chi connectivity index (χ3n) is 6.17. The molecule has 2 fully saturated rings. The van der Waals surface area contributed by atoms with Gasteiger partial charge in [0.15, 0.2) is 0 Å². The predicted molar refractivity (Wildman–Crippen MR) is 104 cm³/mol. The molecule has 2 aliphatic rings. The molecule has 0 unspecified atom stereocenters. The minimum absolute atomic E-state index is 0.0165. The quantitative estimate of drug-likeness (QED) is 0.680. The SMILES string of the molecule is CCn1ncc(S(=O)(=O)N2[C@@H]3CC[C@H](C3)[C@H]2COc2cccc(C(F)(F)F)c2)c1C. The summed E-state index contributed by atoms with van der Waals surface area (Å²) < 4.78 is 74.6. The zero-order valence-electron chi connectivity index (χ0n) is 16.8. The number of piperidine rings is 1. The zero-order chi connectivity index (χ0) is 21.7. The standard InChI is InChI=1S/C20H24F3N3O3S/c1-3-25-13(2)19(11-24-25)30(27,28)26-16-8-7-14(9-16)18(26)12-29-17-6-4-5-15(10-17)20(21,22)23/h4-6,10-11,14,16,18H,3,7-9,12H2,1-2H3/t14-,16-,18-/m1/s1. The van der Waals surface area contributed by atoms with Gasteiger partial charge < -0.3 is 4.74 Å². The van der Waals surface area contributed by atoms with Crippen LogP contribution in [-0.4, -0.2) is 41.2 Å². The van der Waals surface area contributed by atoms with Gasteiger partial charge in [-0.25, -0.2) is 8.42 Å². The first kappa shape index (κ1) is 21.2. The lowest BCUT2D eigenvalue weighted by Gasteiger charge is -2.34. The number of fused-ring (bicyclic) bond motifs is 2. The molecule has 10 heteroatoms. The number of hydrogen-bond donors (Lipinski definition) is 0. The average Bonchev–Trinajstić information content (AvgIpc) is 3.40. The van der Waals surface area contributed by atoms with Crippen molar-refractivity contribution in [3.63, 3.8) is 0 Å². The number of ether oxygens (including phenoxy) is 1. The molecular formula is C20H24F3N3O3S. The van der Waals surface area contributed by atoms with E-state index in [9.17, 15) is 21.6 Å². The normalized spacial score (nSPS) is 24.5. The van der Waals surface area contributed by atoms with Crippen LogP contribution < -0.4 is 4.74 Å². The molecular weight excluding hydrogens is 419 g/mol. The molecule has 2 aromatic rings. The summed E-state index contributed by atoms with van der Waals surface area (Å²) in [6.07, 6.45) is -0.661. The lowest BCUT2D eigenvalue weighted by molar-refractivity contribution is -0.137. The molecule has 2 heterocycles. The molecule has 0 amide bonds. The van der Waals surface area contributed by atoms with Crippen molar-refractivity contribution in [2.24, 2.45) is 5.92 Å². The molecule has 3 atom stereocenters. The number of halogens is 3. The van der Waals surface area contributed by atoms with Crippen LogP contribution in [0.1, 0.15) is 37.4 Å². The summed E-state index contributed by atoms with van der Waals surface area (Å²) in [5, 5.41) is 4.16. The monoisotopic (exact) mass is 443 g/mol. The van der Waals surface area contributed by atoms with Crippen molar-refractivity contribution in [3.05, 3.63) is 41.7 Å². The van der Waals surface area contributed by atoms with Crippen molar-refractivity contribution in [2.75, 3.05) is 6.61 Å². The maximum absolute atomic E-state index is 13.5. The molecule has 1 aromatic carbocycles. The second kappa shape index (κ2) is 7.56. The zero-order valence-corrected chi connectivity index (χ0v) is 17.6. The third-order valence-corrected chi connectivity index (χ3v) is 8.25. The number of aryl methyl sites for hydroxylation is 1. The number of aromatic nitrogens is 2. The molecule has 6 nitrogen and oxygen atoms in total. The Bertz CT molecular complexity index is 1040. The van der Waals surface area contributed by atoms with E-state index in [4.69, 9.17) is 4.74 Å². The minimum atomic E-state index is -4.46. The topological polar surface area (TPSA) is 64.4 Å². The van der Waals surface area contributed by atoms with Crippen molar-refractivity contribution in [1.29, 1.82) is 0 Å². The summed E-state index contributed by atoms with van der Waals surface area (Å²) >= 11 is 0. The predicted octanol–water partition coefficient (Wildman–Crippen LogP) is 3.85. The van der Waals surface area contributed by atoms with E-state index in [0.717, 1.165) is 31.4 Å². The molecule has 2 bridgehead atoms. The number of rotatable bonds is 6. The molecule has 30 heavy (non-hydrogen) atoms. The van der Waals surface area contributed by atoms with Gasteiger partial charge in [0, 0.05) is 12.6 Å². The fraction of sp³-hybridized carbons (Fsp3) is 0.550. The van der Waals surface area contributed by atoms with E-state index in [1.807, 2.05) is 6.92 Å². The Morgan fingerprint density at radius 3 is 2.70 bits per heavy atom. The highest BCUT2D eigenvalue weighted by Gasteiger charge is 2.52. The van der Waals surface area contributed by atoms with Gasteiger partial charge in [-0.15, -0.1) is 0 Å². The molecule has 0 radical (unpaired) electrons. The van der Waals surface area contributed by atoms with Crippen molar-refractivity contribution >= 4 is 10.0 Å². The van der Waals surface area contributed by atoms with Crippen LogP contribution in [0.4, 0.5) is 13.2 Å². The van der Waals surface area contributed by atoms with E-state index in [-0.39, 0.29) is 29.2 Å². The van der Waals surface area contributed by atoms with Gasteiger partial charge >= 0.3 is 6.18 Å². The smallest absolute Gasteiger partial charge is 0.416 e. The summed E-state index contributed by atoms with van der Waals surface area (Å²) in [6, 6.07) is 4.15. The molecule has 4 rings (SSSR count). The summed E-state index contributed by atoms with van der Waals surface area (Å²) in [7, 11) is -3.78. The highest BCUT2D eigenvalue weighted by molar-refractivity contribution is 7.89. The molecule has 1 saturated heterocycles. The van der Waals surface area contributed by atoms with E-state index < -0.39 is 27.8 Å². The number of hydrogen-bond acceptors (Lipinski definition) is 4. The fourth-order valence-electron chi connectivity index (χ4n) is 4.69. The van der Waals surface area contributed by atoms with Crippen LogP contribution in [0.15, 0.2) is 35.4 Å². The average molecular weight is 443 g/mol. The Morgan fingerprint density at radius 1 is 1.27 bits per heavy atom. The fourth-order valence-corrected chi connectivity index (χ4v) is 6.75. The Labute approximate surface area is 173 Å². The van der Waals surface area contributed by atoms with Crippen LogP contribution in [0.2, 0.25) is 0 Å². The van der Waals surface area contributed by atoms with E-state index in [0.29, 0.717) is 12.2 Å². The molecule has 0 spiro atoms. The lowest BCUT2D eigenvalue weighted by atomic mass is 10.0. The van der Waals surface area contributed by atoms with Crippen LogP contribution in [-0.2, 0) is 22.7 Å². The molecule has 1 aliphatic heterocycles. The van der Waals surface area contributed by atoms with E-state index >= 15 is 0 Å². The second-order valence-corrected chi connectivity index (χ2v) is 9.69. The van der Waals surface area contributed by atoms with Gasteiger partial charge in [-0.3, -0.25) is 4.68 Å². The van der Waals surface area contributed by atoms with Crippen LogP contribution in [0, 0.1) is 12.8 Å². The summed E-state index contributed by atoms with van der Waals surface area (Å²) in [5.41, 5.74) is -0.210. The molecule has 164 valence electrons. The van der Waals surface area contributed by atoms with Gasteiger partial charge in [-0.05, 0) is 57.2 Å². The van der Waals surface area contributed by atoms with Crippen molar-refractivity contribution < 1.29 is 26.3 Å². The van der Waals surface area contributed by atoms with E-state index in [1.165, 1.54) is 22.6 Å². The molecule has 0 N–H and O–H groups in total. The summed E-state index contributed by atoms with van der Waals surface area (Å²) in [4.78, 5) is 0.181. The van der Waals surface area contributed by atoms with Crippen molar-refractivity contribution in [1.82, 2.24) is 14.1 Å². The number of alkyl halides is 3. The maximum Gasteiger partial charge on any atom is 0.416 e. The van der Waals surface area contributed by atoms with E-state index in [2.05, 4.69) is 5.10 Å². The number of nitrogens with zero attached hydrogens (tertiary/aromatic N) is 3. The molecule has 1 aliphatic carbocycles. The van der Waals surface area contributed by atoms with Crippen LogP contribution >= 0.6 is 0 Å². The van der Waals surface area contributed by atoms with Gasteiger partial charge in [0.05, 0.1) is 23.5 Å². The first-order valence-electron chi connectivity index (χ1n) is 9.99. The van der Waals surface area contributed by atoms with Crippen molar-refractivity contribution in [3.8, 4) is 5.75 Å². The molecule has 1 aromatic heterocycles. The number of benzene rings is 1. The van der Waals surface area contributed by atoms with Crippen LogP contribution in [0.3, 0.4) is 0 Å². The van der Waals surface area contributed by atoms with Crippen LogP contribution in [0.25, 0.3) is 0 Å². The minimum Gasteiger partial charge on any atom is -0.492 e. The Kier molecular flexibility index (Phi) is 5.34. The summed E-state index contributed by atoms with van der Waals surface area (Å²) in [6.45, 7) is 4.20. The van der Waals surface area contributed by atoms with Gasteiger partial charge in [0.1, 0.15) is 17.3 Å². The number of sulfonamides is 1. The van der Waals surface area contributed by atoms with E-state index in [1.54, 1.807) is 11.6 Å². The second-order valence-electron chi connectivity index (χ2n) is 7.88.